The number of aromatic nitrogens is 2. The number of anilines is 2. The zero-order valence-electron chi connectivity index (χ0n) is 21.0. The van der Waals surface area contributed by atoms with Crippen molar-refractivity contribution in [2.24, 2.45) is 22.7 Å². The molecule has 3 aliphatic carbocycles. The van der Waals surface area contributed by atoms with E-state index in [-0.39, 0.29) is 48.0 Å². The van der Waals surface area contributed by atoms with Gasteiger partial charge in [-0.15, -0.1) is 22.7 Å². The molecule has 36 heavy (non-hydrogen) atoms. The minimum Gasteiger partial charge on any atom is -0.396 e. The Labute approximate surface area is 220 Å². The molecule has 196 valence electrons. The van der Waals surface area contributed by atoms with E-state index in [9.17, 15) is 19.8 Å². The standard InChI is InChI=1S/C26H36N4O4S2/c1-25-9-8-19(32)26(2,14-31)18(25)13-17-21(16(25)12-20(33)28-23-27-10-11-35-23)29-24(36-17)30-22(34)15-6-4-3-5-7-15/h10-11,15-16,18-19,31-32H,3-9,12-14H2,1-2H3,(H,27,28,33)(H,29,30,34)/t16-,18+,19-,25+,26+/m1/s1. The van der Waals surface area contributed by atoms with Crippen LogP contribution in [0.15, 0.2) is 11.6 Å². The molecule has 5 atom stereocenters. The number of hydrogen-bond acceptors (Lipinski definition) is 8. The number of amides is 2. The molecule has 2 aromatic heterocycles. The lowest BCUT2D eigenvalue weighted by Gasteiger charge is -2.58. The molecular formula is C26H36N4O4S2. The fourth-order valence-electron chi connectivity index (χ4n) is 6.91. The minimum atomic E-state index is -0.676. The molecular weight excluding hydrogens is 496 g/mol. The van der Waals surface area contributed by atoms with E-state index < -0.39 is 11.5 Å². The molecule has 2 aromatic rings. The van der Waals surface area contributed by atoms with Crippen LogP contribution in [0.4, 0.5) is 10.3 Å². The van der Waals surface area contributed by atoms with Crippen LogP contribution in [0, 0.1) is 22.7 Å². The highest BCUT2D eigenvalue weighted by atomic mass is 32.1. The van der Waals surface area contributed by atoms with Gasteiger partial charge in [-0.25, -0.2) is 9.97 Å². The fraction of sp³-hybridized carbons (Fsp3) is 0.692. The fourth-order valence-corrected chi connectivity index (χ4v) is 8.53. The predicted octanol–water partition coefficient (Wildman–Crippen LogP) is 4.56. The van der Waals surface area contributed by atoms with Crippen LogP contribution in [-0.2, 0) is 16.0 Å². The second-order valence-electron chi connectivity index (χ2n) is 11.3. The van der Waals surface area contributed by atoms with Crippen LogP contribution in [0.1, 0.15) is 81.7 Å². The van der Waals surface area contributed by atoms with Crippen molar-refractivity contribution in [3.63, 3.8) is 0 Å². The maximum Gasteiger partial charge on any atom is 0.229 e. The monoisotopic (exact) mass is 532 g/mol. The number of nitrogens with one attached hydrogen (secondary N) is 2. The highest BCUT2D eigenvalue weighted by Crippen LogP contribution is 2.62. The van der Waals surface area contributed by atoms with Gasteiger partial charge in [0.25, 0.3) is 0 Å². The Kier molecular flexibility index (Phi) is 7.24. The van der Waals surface area contributed by atoms with E-state index in [1.165, 1.54) is 29.1 Å². The Bertz CT molecular complexity index is 1100. The van der Waals surface area contributed by atoms with Gasteiger partial charge in [0.2, 0.25) is 11.8 Å². The van der Waals surface area contributed by atoms with Crippen molar-refractivity contribution in [1.29, 1.82) is 0 Å². The summed E-state index contributed by atoms with van der Waals surface area (Å²) in [5.74, 6) is -0.265. The Morgan fingerprint density at radius 3 is 2.61 bits per heavy atom. The van der Waals surface area contributed by atoms with Gasteiger partial charge in [-0.1, -0.05) is 33.1 Å². The van der Waals surface area contributed by atoms with Crippen molar-refractivity contribution in [3.8, 4) is 0 Å². The number of fused-ring (bicyclic) bond motifs is 2. The molecule has 0 aromatic carbocycles. The van der Waals surface area contributed by atoms with Gasteiger partial charge in [0, 0.05) is 40.1 Å². The Balaban J connectivity index is 1.46. The Morgan fingerprint density at radius 2 is 1.92 bits per heavy atom. The van der Waals surface area contributed by atoms with Crippen molar-refractivity contribution in [2.45, 2.75) is 83.7 Å². The highest BCUT2D eigenvalue weighted by Gasteiger charge is 2.59. The second kappa shape index (κ2) is 10.1. The summed E-state index contributed by atoms with van der Waals surface area (Å²) in [6.07, 6.45) is 8.47. The lowest BCUT2D eigenvalue weighted by atomic mass is 9.47. The van der Waals surface area contributed by atoms with Crippen LogP contribution in [0.25, 0.3) is 0 Å². The smallest absolute Gasteiger partial charge is 0.229 e. The van der Waals surface area contributed by atoms with Crippen molar-refractivity contribution >= 4 is 44.8 Å². The van der Waals surface area contributed by atoms with Gasteiger partial charge < -0.3 is 20.8 Å². The maximum absolute atomic E-state index is 13.2. The molecule has 0 spiro atoms. The molecule has 0 bridgehead atoms. The van der Waals surface area contributed by atoms with Crippen LogP contribution >= 0.6 is 22.7 Å². The number of hydrogen-bond donors (Lipinski definition) is 4. The number of rotatable bonds is 6. The van der Waals surface area contributed by atoms with Crippen molar-refractivity contribution in [1.82, 2.24) is 9.97 Å². The molecule has 0 radical (unpaired) electrons. The quantitative estimate of drug-likeness (QED) is 0.432. The van der Waals surface area contributed by atoms with E-state index in [1.54, 1.807) is 6.20 Å². The third kappa shape index (κ3) is 4.61. The molecule has 2 fully saturated rings. The van der Waals surface area contributed by atoms with Gasteiger partial charge in [-0.2, -0.15) is 0 Å². The van der Waals surface area contributed by atoms with Crippen molar-refractivity contribution in [2.75, 3.05) is 17.2 Å². The minimum absolute atomic E-state index is 0.0220. The van der Waals surface area contributed by atoms with Crippen LogP contribution < -0.4 is 10.6 Å². The first kappa shape index (κ1) is 25.8. The first-order chi connectivity index (χ1) is 17.2. The van der Waals surface area contributed by atoms with Gasteiger partial charge in [0.05, 0.1) is 18.4 Å². The zero-order valence-corrected chi connectivity index (χ0v) is 22.6. The van der Waals surface area contributed by atoms with Gasteiger partial charge in [-0.05, 0) is 43.4 Å². The van der Waals surface area contributed by atoms with E-state index in [0.29, 0.717) is 23.1 Å². The molecule has 3 aliphatic rings. The summed E-state index contributed by atoms with van der Waals surface area (Å²) in [5.41, 5.74) is -0.129. The number of aliphatic hydroxyl groups is 2. The molecule has 0 saturated heterocycles. The Morgan fingerprint density at radius 1 is 1.14 bits per heavy atom. The van der Waals surface area contributed by atoms with E-state index in [4.69, 9.17) is 4.98 Å². The van der Waals surface area contributed by atoms with Gasteiger partial charge in [0.1, 0.15) is 0 Å². The number of thiazole rings is 2. The largest absolute Gasteiger partial charge is 0.396 e. The van der Waals surface area contributed by atoms with E-state index in [0.717, 1.165) is 42.7 Å². The lowest BCUT2D eigenvalue weighted by molar-refractivity contribution is -0.143. The van der Waals surface area contributed by atoms with Crippen molar-refractivity contribution < 1.29 is 19.8 Å². The molecule has 2 amide bonds. The first-order valence-corrected chi connectivity index (χ1v) is 14.7. The molecule has 4 N–H and O–H groups in total. The molecule has 2 heterocycles. The third-order valence-electron chi connectivity index (χ3n) is 9.17. The predicted molar refractivity (Wildman–Crippen MR) is 141 cm³/mol. The summed E-state index contributed by atoms with van der Waals surface area (Å²) >= 11 is 2.86. The van der Waals surface area contributed by atoms with Crippen molar-refractivity contribution in [3.05, 3.63) is 22.1 Å². The molecule has 8 nitrogen and oxygen atoms in total. The molecule has 2 saturated carbocycles. The summed E-state index contributed by atoms with van der Waals surface area (Å²) in [4.78, 5) is 36.2. The molecule has 0 unspecified atom stereocenters. The number of carbonyl (C=O) groups excluding carboxylic acids is 2. The summed E-state index contributed by atoms with van der Waals surface area (Å²) in [6.45, 7) is 4.03. The SMILES string of the molecule is C[C@]1(CO)[C@H]2Cc3sc(NC(=O)C4CCCCC4)nc3[C@@H](CC(=O)Nc3nccs3)[C@]2(C)CC[C@H]1O. The van der Waals surface area contributed by atoms with E-state index in [2.05, 4.69) is 22.5 Å². The average molecular weight is 533 g/mol. The number of carbonyl (C=O) groups is 2. The van der Waals surface area contributed by atoms with Crippen LogP contribution in [0.3, 0.4) is 0 Å². The number of nitrogens with zero attached hydrogens (tertiary/aromatic N) is 2. The van der Waals surface area contributed by atoms with Gasteiger partial charge in [-0.3, -0.25) is 9.59 Å². The molecule has 0 aliphatic heterocycles. The Hall–Kier alpha value is -1.88. The van der Waals surface area contributed by atoms with Gasteiger partial charge in [0.15, 0.2) is 10.3 Å². The average Bonchev–Trinajstić information content (AvgIpc) is 3.53. The lowest BCUT2D eigenvalue weighted by Crippen LogP contribution is -2.57. The zero-order chi connectivity index (χ0) is 25.5. The first-order valence-electron chi connectivity index (χ1n) is 13.0. The molecule has 10 heteroatoms. The molecule has 5 rings (SSSR count). The van der Waals surface area contributed by atoms with Crippen LogP contribution in [0.2, 0.25) is 0 Å². The summed E-state index contributed by atoms with van der Waals surface area (Å²) in [5, 5.41) is 30.3. The summed E-state index contributed by atoms with van der Waals surface area (Å²) in [7, 11) is 0. The maximum atomic E-state index is 13.2. The number of aliphatic hydroxyl groups excluding tert-OH is 2. The van der Waals surface area contributed by atoms with Crippen LogP contribution in [0.5, 0.6) is 0 Å². The summed E-state index contributed by atoms with van der Waals surface area (Å²) in [6, 6.07) is 0. The van der Waals surface area contributed by atoms with Crippen LogP contribution in [-0.4, -0.2) is 44.7 Å². The summed E-state index contributed by atoms with van der Waals surface area (Å²) < 4.78 is 0. The second-order valence-corrected chi connectivity index (χ2v) is 13.3. The third-order valence-corrected chi connectivity index (χ3v) is 10.9. The highest BCUT2D eigenvalue weighted by molar-refractivity contribution is 7.16. The topological polar surface area (TPSA) is 124 Å². The van der Waals surface area contributed by atoms with Gasteiger partial charge >= 0.3 is 0 Å². The van der Waals surface area contributed by atoms with E-state index in [1.807, 2.05) is 12.3 Å². The van der Waals surface area contributed by atoms with E-state index >= 15 is 0 Å². The normalized spacial score (nSPS) is 32.4.